The zero-order valence-electron chi connectivity index (χ0n) is 11.2. The molecule has 18 heavy (non-hydrogen) atoms. The smallest absolute Gasteiger partial charge is 0.231 e. The van der Waals surface area contributed by atoms with Gasteiger partial charge in [-0.25, -0.2) is 0 Å². The van der Waals surface area contributed by atoms with Crippen LogP contribution in [0.3, 0.4) is 0 Å². The molecular formula is C10H20N6OS. The summed E-state index contributed by atoms with van der Waals surface area (Å²) >= 11 is 0. The molecule has 8 heteroatoms. The minimum absolute atomic E-state index is 0.523. The highest BCUT2D eigenvalue weighted by molar-refractivity contribution is 7.84. The Balaban J connectivity index is 2.63. The van der Waals surface area contributed by atoms with Crippen LogP contribution in [0.1, 0.15) is 6.42 Å². The molecule has 0 radical (unpaired) electrons. The van der Waals surface area contributed by atoms with Gasteiger partial charge in [0.25, 0.3) is 0 Å². The van der Waals surface area contributed by atoms with Gasteiger partial charge in [0.1, 0.15) is 0 Å². The summed E-state index contributed by atoms with van der Waals surface area (Å²) in [5.74, 6) is 2.32. The Morgan fingerprint density at radius 1 is 1.22 bits per heavy atom. The average molecular weight is 272 g/mol. The third-order valence-corrected chi connectivity index (χ3v) is 3.00. The molecule has 0 aliphatic heterocycles. The second-order valence-corrected chi connectivity index (χ2v) is 5.54. The van der Waals surface area contributed by atoms with Gasteiger partial charge < -0.3 is 15.5 Å². The first-order chi connectivity index (χ1) is 8.52. The summed E-state index contributed by atoms with van der Waals surface area (Å²) in [4.78, 5) is 14.5. The van der Waals surface area contributed by atoms with Gasteiger partial charge in [-0.1, -0.05) is 0 Å². The molecule has 7 nitrogen and oxygen atoms in total. The first kappa shape index (κ1) is 14.6. The van der Waals surface area contributed by atoms with Crippen molar-refractivity contribution in [2.45, 2.75) is 6.42 Å². The minimum Gasteiger partial charge on any atom is -0.357 e. The van der Waals surface area contributed by atoms with Crippen LogP contribution in [-0.4, -0.2) is 58.9 Å². The van der Waals surface area contributed by atoms with Crippen molar-refractivity contribution in [1.82, 2.24) is 15.0 Å². The Kier molecular flexibility index (Phi) is 5.76. The number of anilines is 3. The van der Waals surface area contributed by atoms with Gasteiger partial charge >= 0.3 is 0 Å². The van der Waals surface area contributed by atoms with E-state index in [0.29, 0.717) is 30.1 Å². The van der Waals surface area contributed by atoms with Gasteiger partial charge in [0, 0.05) is 50.5 Å². The normalized spacial score (nSPS) is 12.0. The van der Waals surface area contributed by atoms with Crippen molar-refractivity contribution in [3.8, 4) is 0 Å². The molecule has 0 spiro atoms. The van der Waals surface area contributed by atoms with Crippen molar-refractivity contribution >= 4 is 28.6 Å². The second-order valence-electron chi connectivity index (χ2n) is 3.98. The van der Waals surface area contributed by atoms with Crippen LogP contribution in [0, 0.1) is 0 Å². The molecule has 102 valence electrons. The molecule has 2 N–H and O–H groups in total. The number of aromatic nitrogens is 3. The SMILES string of the molecule is CNc1nc(NCCCS(C)=O)nc(N(C)C)n1. The van der Waals surface area contributed by atoms with Crippen molar-refractivity contribution in [1.29, 1.82) is 0 Å². The summed E-state index contributed by atoms with van der Waals surface area (Å²) in [5, 5.41) is 6.00. The van der Waals surface area contributed by atoms with Crippen molar-refractivity contribution in [2.75, 3.05) is 55.2 Å². The average Bonchev–Trinajstić information content (AvgIpc) is 2.34. The Morgan fingerprint density at radius 2 is 1.89 bits per heavy atom. The molecule has 1 aromatic heterocycles. The summed E-state index contributed by atoms with van der Waals surface area (Å²) in [6, 6.07) is 0. The molecule has 1 rings (SSSR count). The maximum atomic E-state index is 10.9. The molecule has 0 aliphatic carbocycles. The van der Waals surface area contributed by atoms with E-state index >= 15 is 0 Å². The van der Waals surface area contributed by atoms with Crippen molar-refractivity contribution in [2.24, 2.45) is 0 Å². The Hall–Kier alpha value is -1.44. The summed E-state index contributed by atoms with van der Waals surface area (Å²) in [6.45, 7) is 0.694. The van der Waals surface area contributed by atoms with Crippen LogP contribution in [0.5, 0.6) is 0 Å². The van der Waals surface area contributed by atoms with Crippen molar-refractivity contribution in [3.05, 3.63) is 0 Å². The molecule has 1 heterocycles. The van der Waals surface area contributed by atoms with Crippen molar-refractivity contribution in [3.63, 3.8) is 0 Å². The van der Waals surface area contributed by atoms with Gasteiger partial charge in [-0.3, -0.25) is 4.21 Å². The summed E-state index contributed by atoms with van der Waals surface area (Å²) in [5.41, 5.74) is 0. The lowest BCUT2D eigenvalue weighted by Gasteiger charge is -2.13. The Bertz CT molecular complexity index is 411. The van der Waals surface area contributed by atoms with Crippen LogP contribution in [0.15, 0.2) is 0 Å². The van der Waals surface area contributed by atoms with E-state index in [2.05, 4.69) is 25.6 Å². The largest absolute Gasteiger partial charge is 0.357 e. The van der Waals surface area contributed by atoms with Gasteiger partial charge in [0.2, 0.25) is 17.8 Å². The lowest BCUT2D eigenvalue weighted by molar-refractivity contribution is 0.685. The summed E-state index contributed by atoms with van der Waals surface area (Å²) in [6.07, 6.45) is 2.52. The van der Waals surface area contributed by atoms with E-state index in [0.717, 1.165) is 6.42 Å². The second kappa shape index (κ2) is 7.10. The predicted octanol–water partition coefficient (Wildman–Crippen LogP) is 0.160. The molecule has 0 amide bonds. The van der Waals surface area contributed by atoms with Crippen LogP contribution in [0.2, 0.25) is 0 Å². The Morgan fingerprint density at radius 3 is 2.44 bits per heavy atom. The first-order valence-electron chi connectivity index (χ1n) is 5.68. The molecule has 0 saturated heterocycles. The van der Waals surface area contributed by atoms with Gasteiger partial charge in [0.15, 0.2) is 0 Å². The minimum atomic E-state index is -0.755. The van der Waals surface area contributed by atoms with Crippen LogP contribution in [0.25, 0.3) is 0 Å². The molecule has 0 aromatic carbocycles. The van der Waals surface area contributed by atoms with E-state index in [9.17, 15) is 4.21 Å². The molecule has 1 unspecified atom stereocenters. The van der Waals surface area contributed by atoms with Crippen LogP contribution in [-0.2, 0) is 10.8 Å². The van der Waals surface area contributed by atoms with Gasteiger partial charge in [0.05, 0.1) is 0 Å². The molecule has 1 aromatic rings. The maximum absolute atomic E-state index is 10.9. The number of nitrogens with one attached hydrogen (secondary N) is 2. The Labute approximate surface area is 110 Å². The van der Waals surface area contributed by atoms with E-state index in [-0.39, 0.29) is 0 Å². The fourth-order valence-corrected chi connectivity index (χ4v) is 1.78. The van der Waals surface area contributed by atoms with Gasteiger partial charge in [-0.2, -0.15) is 15.0 Å². The number of hydrogen-bond acceptors (Lipinski definition) is 7. The number of nitrogens with zero attached hydrogens (tertiary/aromatic N) is 4. The van der Waals surface area contributed by atoms with E-state index in [1.807, 2.05) is 19.0 Å². The van der Waals surface area contributed by atoms with Crippen LogP contribution >= 0.6 is 0 Å². The third-order valence-electron chi connectivity index (χ3n) is 2.14. The quantitative estimate of drug-likeness (QED) is 0.684. The molecule has 1 atom stereocenters. The first-order valence-corrected chi connectivity index (χ1v) is 7.40. The van der Waals surface area contributed by atoms with Gasteiger partial charge in [-0.15, -0.1) is 0 Å². The standard InChI is InChI=1S/C10H20N6OS/c1-11-8-13-9(12-6-5-7-18(4)17)15-10(14-8)16(2)3/h5-7H2,1-4H3,(H2,11,12,13,14,15). The van der Waals surface area contributed by atoms with Crippen molar-refractivity contribution < 1.29 is 4.21 Å². The number of rotatable bonds is 7. The van der Waals surface area contributed by atoms with E-state index < -0.39 is 10.8 Å². The highest BCUT2D eigenvalue weighted by Gasteiger charge is 2.06. The molecule has 0 saturated carbocycles. The lowest BCUT2D eigenvalue weighted by Crippen LogP contribution is -2.17. The van der Waals surface area contributed by atoms with E-state index in [1.165, 1.54) is 0 Å². The zero-order chi connectivity index (χ0) is 13.5. The summed E-state index contributed by atoms with van der Waals surface area (Å²) in [7, 11) is 4.76. The zero-order valence-corrected chi connectivity index (χ0v) is 12.0. The lowest BCUT2D eigenvalue weighted by atomic mass is 10.5. The highest BCUT2D eigenvalue weighted by Crippen LogP contribution is 2.10. The fourth-order valence-electron chi connectivity index (χ4n) is 1.23. The van der Waals surface area contributed by atoms with Crippen LogP contribution < -0.4 is 15.5 Å². The monoisotopic (exact) mass is 272 g/mol. The molecule has 0 fully saturated rings. The fraction of sp³-hybridized carbons (Fsp3) is 0.700. The molecule has 0 bridgehead atoms. The topological polar surface area (TPSA) is 83.0 Å². The van der Waals surface area contributed by atoms with E-state index in [4.69, 9.17) is 0 Å². The predicted molar refractivity (Wildman–Crippen MR) is 75.7 cm³/mol. The third kappa shape index (κ3) is 4.82. The van der Waals surface area contributed by atoms with Crippen LogP contribution in [0.4, 0.5) is 17.8 Å². The molecule has 0 aliphatic rings. The number of hydrogen-bond donors (Lipinski definition) is 2. The molecular weight excluding hydrogens is 252 g/mol. The summed E-state index contributed by atoms with van der Waals surface area (Å²) < 4.78 is 10.9. The van der Waals surface area contributed by atoms with Gasteiger partial charge in [-0.05, 0) is 6.42 Å². The highest BCUT2D eigenvalue weighted by atomic mass is 32.2. The maximum Gasteiger partial charge on any atom is 0.231 e. The van der Waals surface area contributed by atoms with E-state index in [1.54, 1.807) is 13.3 Å².